The van der Waals surface area contributed by atoms with Gasteiger partial charge < -0.3 is 4.74 Å². The highest BCUT2D eigenvalue weighted by molar-refractivity contribution is 6.64. The van der Waals surface area contributed by atoms with E-state index in [0.717, 1.165) is 12.8 Å². The predicted octanol–water partition coefficient (Wildman–Crippen LogP) is 4.15. The van der Waals surface area contributed by atoms with Gasteiger partial charge in [0.1, 0.15) is 0 Å². The third-order valence-electron chi connectivity index (χ3n) is 4.75. The molecule has 0 radical (unpaired) electrons. The third-order valence-corrected chi connectivity index (χ3v) is 5.00. The summed E-state index contributed by atoms with van der Waals surface area (Å²) in [5, 5.41) is -0.160. The molecule has 2 saturated carbocycles. The second kappa shape index (κ2) is 6.91. The summed E-state index contributed by atoms with van der Waals surface area (Å²) < 4.78 is 5.96. The lowest BCUT2D eigenvalue weighted by Crippen LogP contribution is -2.38. The van der Waals surface area contributed by atoms with E-state index in [-0.39, 0.29) is 17.3 Å². The average Bonchev–Trinajstić information content (AvgIpc) is 3.01. The van der Waals surface area contributed by atoms with Crippen molar-refractivity contribution >= 4 is 16.8 Å². The first-order chi connectivity index (χ1) is 8.74. The van der Waals surface area contributed by atoms with Crippen LogP contribution in [0.25, 0.3) is 0 Å². The molecule has 0 aromatic carbocycles. The van der Waals surface area contributed by atoms with Gasteiger partial charge in [0.05, 0.1) is 12.0 Å². The quantitative estimate of drug-likeness (QED) is 0.679. The van der Waals surface area contributed by atoms with Gasteiger partial charge in [-0.15, -0.1) is 0 Å². The summed E-state index contributed by atoms with van der Waals surface area (Å²) in [6.45, 7) is 2.71. The Bertz CT molecular complexity index is 268. The van der Waals surface area contributed by atoms with Crippen LogP contribution in [0.5, 0.6) is 0 Å². The predicted molar refractivity (Wildman–Crippen MR) is 73.7 cm³/mol. The molecule has 0 spiro atoms. The van der Waals surface area contributed by atoms with E-state index in [0.29, 0.717) is 18.4 Å². The summed E-state index contributed by atoms with van der Waals surface area (Å²) in [6.07, 6.45) is 9.84. The van der Waals surface area contributed by atoms with Crippen molar-refractivity contribution in [3.8, 4) is 0 Å². The van der Waals surface area contributed by atoms with E-state index >= 15 is 0 Å². The Labute approximate surface area is 115 Å². The van der Waals surface area contributed by atoms with Crippen LogP contribution in [0, 0.1) is 17.8 Å². The first-order valence-corrected chi connectivity index (χ1v) is 7.92. The van der Waals surface area contributed by atoms with E-state index in [4.69, 9.17) is 16.3 Å². The van der Waals surface area contributed by atoms with E-state index in [1.807, 2.05) is 6.92 Å². The molecule has 2 aliphatic rings. The van der Waals surface area contributed by atoms with Crippen LogP contribution in [0.15, 0.2) is 0 Å². The minimum atomic E-state index is -0.160. The van der Waals surface area contributed by atoms with Gasteiger partial charge in [-0.25, -0.2) is 0 Å². The highest BCUT2D eigenvalue weighted by Gasteiger charge is 2.41. The smallest absolute Gasteiger partial charge is 0.227 e. The van der Waals surface area contributed by atoms with Gasteiger partial charge >= 0.3 is 0 Å². The summed E-state index contributed by atoms with van der Waals surface area (Å²) in [5.74, 6) is 0.961. The van der Waals surface area contributed by atoms with Gasteiger partial charge in [0, 0.05) is 6.61 Å². The normalized spacial score (nSPS) is 25.4. The maximum absolute atomic E-state index is 11.9. The number of rotatable bonds is 6. The molecule has 0 saturated heterocycles. The Kier molecular flexibility index (Phi) is 5.50. The fourth-order valence-electron chi connectivity index (χ4n) is 3.91. The van der Waals surface area contributed by atoms with E-state index in [2.05, 4.69) is 0 Å². The molecule has 2 atom stereocenters. The number of carbonyl (C=O) groups is 1. The monoisotopic (exact) mass is 272 g/mol. The number of carbonyl (C=O) groups excluding carboxylic acids is 1. The van der Waals surface area contributed by atoms with Crippen molar-refractivity contribution < 1.29 is 9.53 Å². The number of halogens is 1. The van der Waals surface area contributed by atoms with Gasteiger partial charge in [-0.05, 0) is 56.0 Å². The lowest BCUT2D eigenvalue weighted by molar-refractivity contribution is -0.125. The summed E-state index contributed by atoms with van der Waals surface area (Å²) >= 11 is 5.91. The van der Waals surface area contributed by atoms with Gasteiger partial charge in [-0.2, -0.15) is 0 Å². The fourth-order valence-corrected chi connectivity index (χ4v) is 4.21. The SMILES string of the molecule is CCOC(C1CCCC1)C(C(=O)Cl)C1CCCC1. The Morgan fingerprint density at radius 3 is 2.06 bits per heavy atom. The van der Waals surface area contributed by atoms with Crippen LogP contribution in [-0.4, -0.2) is 18.0 Å². The topological polar surface area (TPSA) is 26.3 Å². The molecule has 2 aliphatic carbocycles. The first kappa shape index (κ1) is 14.3. The van der Waals surface area contributed by atoms with Crippen molar-refractivity contribution in [3.63, 3.8) is 0 Å². The van der Waals surface area contributed by atoms with Crippen molar-refractivity contribution in [2.24, 2.45) is 17.8 Å². The largest absolute Gasteiger partial charge is 0.377 e. The Balaban J connectivity index is 2.10. The average molecular weight is 273 g/mol. The maximum Gasteiger partial charge on any atom is 0.227 e. The first-order valence-electron chi connectivity index (χ1n) is 7.55. The van der Waals surface area contributed by atoms with Crippen molar-refractivity contribution in [2.45, 2.75) is 64.4 Å². The van der Waals surface area contributed by atoms with Gasteiger partial charge in [-0.1, -0.05) is 25.7 Å². The molecule has 0 bridgehead atoms. The Morgan fingerprint density at radius 1 is 1.11 bits per heavy atom. The van der Waals surface area contributed by atoms with Crippen molar-refractivity contribution in [2.75, 3.05) is 6.61 Å². The maximum atomic E-state index is 11.9. The second-order valence-electron chi connectivity index (χ2n) is 5.84. The summed E-state index contributed by atoms with van der Waals surface area (Å²) in [5.41, 5.74) is 0. The standard InChI is InChI=1S/C15H25ClO2/c1-2-18-14(12-9-5-6-10-12)13(15(16)17)11-7-3-4-8-11/h11-14H,2-10H2,1H3. The van der Waals surface area contributed by atoms with Crippen LogP contribution in [0.2, 0.25) is 0 Å². The second-order valence-corrected chi connectivity index (χ2v) is 6.21. The summed E-state index contributed by atoms with van der Waals surface area (Å²) in [7, 11) is 0. The van der Waals surface area contributed by atoms with E-state index in [9.17, 15) is 4.79 Å². The lowest BCUT2D eigenvalue weighted by Gasteiger charge is -2.33. The van der Waals surface area contributed by atoms with Crippen molar-refractivity contribution in [1.82, 2.24) is 0 Å². The van der Waals surface area contributed by atoms with Crippen LogP contribution < -0.4 is 0 Å². The fraction of sp³-hybridized carbons (Fsp3) is 0.933. The molecule has 2 fully saturated rings. The van der Waals surface area contributed by atoms with Crippen LogP contribution in [0.1, 0.15) is 58.3 Å². The zero-order valence-corrected chi connectivity index (χ0v) is 12.1. The molecule has 0 amide bonds. The molecule has 3 heteroatoms. The number of ether oxygens (including phenoxy) is 1. The van der Waals surface area contributed by atoms with Crippen molar-refractivity contribution in [3.05, 3.63) is 0 Å². The molecule has 2 rings (SSSR count). The van der Waals surface area contributed by atoms with Crippen molar-refractivity contribution in [1.29, 1.82) is 0 Å². The number of hydrogen-bond donors (Lipinski definition) is 0. The molecule has 0 heterocycles. The molecule has 2 unspecified atom stereocenters. The highest BCUT2D eigenvalue weighted by Crippen LogP contribution is 2.41. The summed E-state index contributed by atoms with van der Waals surface area (Å²) in [4.78, 5) is 11.9. The Morgan fingerprint density at radius 2 is 1.61 bits per heavy atom. The molecule has 0 N–H and O–H groups in total. The van der Waals surface area contributed by atoms with Crippen LogP contribution >= 0.6 is 11.6 Å². The zero-order chi connectivity index (χ0) is 13.0. The van der Waals surface area contributed by atoms with Crippen LogP contribution in [0.3, 0.4) is 0 Å². The minimum Gasteiger partial charge on any atom is -0.377 e. The molecule has 0 aromatic rings. The Hall–Kier alpha value is -0.0800. The zero-order valence-electron chi connectivity index (χ0n) is 11.4. The van der Waals surface area contributed by atoms with Crippen LogP contribution in [0.4, 0.5) is 0 Å². The molecule has 104 valence electrons. The van der Waals surface area contributed by atoms with E-state index < -0.39 is 0 Å². The van der Waals surface area contributed by atoms with Gasteiger partial charge in [0.2, 0.25) is 5.24 Å². The molecule has 0 aliphatic heterocycles. The lowest BCUT2D eigenvalue weighted by atomic mass is 9.80. The highest BCUT2D eigenvalue weighted by atomic mass is 35.5. The van der Waals surface area contributed by atoms with E-state index in [1.54, 1.807) is 0 Å². The minimum absolute atomic E-state index is 0.0581. The van der Waals surface area contributed by atoms with Gasteiger partial charge in [-0.3, -0.25) is 4.79 Å². The molecule has 0 aromatic heterocycles. The molecule has 2 nitrogen and oxygen atoms in total. The van der Waals surface area contributed by atoms with Crippen LogP contribution in [-0.2, 0) is 9.53 Å². The number of hydrogen-bond acceptors (Lipinski definition) is 2. The van der Waals surface area contributed by atoms with E-state index in [1.165, 1.54) is 38.5 Å². The molecule has 18 heavy (non-hydrogen) atoms. The summed E-state index contributed by atoms with van der Waals surface area (Å²) in [6, 6.07) is 0. The van der Waals surface area contributed by atoms with Gasteiger partial charge in [0.25, 0.3) is 0 Å². The molecular weight excluding hydrogens is 248 g/mol. The van der Waals surface area contributed by atoms with Gasteiger partial charge in [0.15, 0.2) is 0 Å². The third kappa shape index (κ3) is 3.27. The molecular formula is C15H25ClO2.